The number of rotatable bonds is 3. The van der Waals surface area contributed by atoms with Crippen LogP contribution in [0.25, 0.3) is 0 Å². The fourth-order valence-corrected chi connectivity index (χ4v) is 1.41. The number of likely N-dealkylation sites (N-methyl/N-ethyl adjacent to an activating group) is 1. The van der Waals surface area contributed by atoms with E-state index in [1.807, 2.05) is 0 Å². The first-order valence-electron chi connectivity index (χ1n) is 4.06. The lowest BCUT2D eigenvalue weighted by Crippen LogP contribution is -2.23. The second-order valence-electron chi connectivity index (χ2n) is 2.78. The molecule has 0 fully saturated rings. The van der Waals surface area contributed by atoms with Crippen molar-refractivity contribution in [3.8, 4) is 6.07 Å². The molecular formula is C9H10BrN3O. The molecule has 1 heterocycles. The average Bonchev–Trinajstić information content (AvgIpc) is 2.17. The number of nitriles is 1. The Morgan fingerprint density at radius 3 is 3.00 bits per heavy atom. The van der Waals surface area contributed by atoms with Crippen molar-refractivity contribution in [3.63, 3.8) is 0 Å². The van der Waals surface area contributed by atoms with Crippen molar-refractivity contribution >= 4 is 21.7 Å². The van der Waals surface area contributed by atoms with Crippen LogP contribution in [0.15, 0.2) is 16.7 Å². The van der Waals surface area contributed by atoms with Crippen LogP contribution in [-0.2, 0) is 0 Å². The first kappa shape index (κ1) is 11.0. The molecule has 1 aromatic rings. The molecule has 74 valence electrons. The van der Waals surface area contributed by atoms with Crippen LogP contribution in [0.3, 0.4) is 0 Å². The highest BCUT2D eigenvalue weighted by atomic mass is 79.9. The van der Waals surface area contributed by atoms with Gasteiger partial charge in [-0.15, -0.1) is 0 Å². The Hall–Kier alpha value is -1.12. The summed E-state index contributed by atoms with van der Waals surface area (Å²) in [6.45, 7) is 0.502. The summed E-state index contributed by atoms with van der Waals surface area (Å²) in [6, 6.07) is 3.76. The minimum absolute atomic E-state index is 0.0408. The van der Waals surface area contributed by atoms with Gasteiger partial charge in [0.05, 0.1) is 12.2 Å². The van der Waals surface area contributed by atoms with E-state index in [4.69, 9.17) is 10.4 Å². The summed E-state index contributed by atoms with van der Waals surface area (Å²) in [5.74, 6) is 0.588. The van der Waals surface area contributed by atoms with Crippen LogP contribution in [0, 0.1) is 11.3 Å². The van der Waals surface area contributed by atoms with Gasteiger partial charge >= 0.3 is 0 Å². The molecule has 0 radical (unpaired) electrons. The van der Waals surface area contributed by atoms with Gasteiger partial charge in [-0.3, -0.25) is 0 Å². The highest BCUT2D eigenvalue weighted by molar-refractivity contribution is 9.10. The molecule has 14 heavy (non-hydrogen) atoms. The second-order valence-corrected chi connectivity index (χ2v) is 3.70. The molecule has 1 aromatic heterocycles. The van der Waals surface area contributed by atoms with Gasteiger partial charge in [0.25, 0.3) is 0 Å². The fourth-order valence-electron chi connectivity index (χ4n) is 1.07. The molecule has 0 saturated carbocycles. The molecule has 1 N–H and O–H groups in total. The Labute approximate surface area is 90.9 Å². The number of aliphatic hydroxyl groups is 1. The zero-order valence-electron chi connectivity index (χ0n) is 7.74. The standard InChI is InChI=1S/C9H10BrN3O/c1-13(2-3-14)9-7(5-11)4-8(10)6-12-9/h4,6,14H,2-3H2,1H3. The zero-order chi connectivity index (χ0) is 10.6. The van der Waals surface area contributed by atoms with Crippen LogP contribution < -0.4 is 4.90 Å². The minimum Gasteiger partial charge on any atom is -0.395 e. The van der Waals surface area contributed by atoms with Crippen molar-refractivity contribution in [3.05, 3.63) is 22.3 Å². The van der Waals surface area contributed by atoms with Crippen molar-refractivity contribution in [1.82, 2.24) is 4.98 Å². The lowest BCUT2D eigenvalue weighted by Gasteiger charge is -2.17. The molecule has 0 spiro atoms. The van der Waals surface area contributed by atoms with Crippen LogP contribution in [0.4, 0.5) is 5.82 Å². The summed E-state index contributed by atoms with van der Waals surface area (Å²) in [5.41, 5.74) is 0.496. The van der Waals surface area contributed by atoms with E-state index in [9.17, 15) is 0 Å². The monoisotopic (exact) mass is 255 g/mol. The van der Waals surface area contributed by atoms with E-state index in [2.05, 4.69) is 27.0 Å². The summed E-state index contributed by atoms with van der Waals surface area (Å²) < 4.78 is 0.773. The molecule has 1 rings (SSSR count). The third kappa shape index (κ3) is 2.44. The minimum atomic E-state index is 0.0408. The van der Waals surface area contributed by atoms with Crippen molar-refractivity contribution in [2.45, 2.75) is 0 Å². The highest BCUT2D eigenvalue weighted by Crippen LogP contribution is 2.19. The van der Waals surface area contributed by atoms with E-state index in [1.165, 1.54) is 0 Å². The van der Waals surface area contributed by atoms with E-state index in [0.29, 0.717) is 17.9 Å². The smallest absolute Gasteiger partial charge is 0.146 e. The Morgan fingerprint density at radius 2 is 2.43 bits per heavy atom. The van der Waals surface area contributed by atoms with Gasteiger partial charge in [-0.2, -0.15) is 5.26 Å². The lowest BCUT2D eigenvalue weighted by molar-refractivity contribution is 0.304. The maximum absolute atomic E-state index is 8.86. The van der Waals surface area contributed by atoms with Crippen LogP contribution in [0.1, 0.15) is 5.56 Å². The number of aromatic nitrogens is 1. The summed E-state index contributed by atoms with van der Waals surface area (Å²) in [4.78, 5) is 5.85. The number of hydrogen-bond donors (Lipinski definition) is 1. The van der Waals surface area contributed by atoms with Gasteiger partial charge in [0.2, 0.25) is 0 Å². The first-order valence-corrected chi connectivity index (χ1v) is 4.86. The Balaban J connectivity index is 3.03. The number of halogens is 1. The number of anilines is 1. The van der Waals surface area contributed by atoms with Gasteiger partial charge in [-0.05, 0) is 22.0 Å². The zero-order valence-corrected chi connectivity index (χ0v) is 9.32. The molecule has 0 amide bonds. The Morgan fingerprint density at radius 1 is 1.71 bits per heavy atom. The van der Waals surface area contributed by atoms with Gasteiger partial charge in [0.1, 0.15) is 11.9 Å². The fraction of sp³-hybridized carbons (Fsp3) is 0.333. The molecule has 0 aliphatic heterocycles. The normalized spacial score (nSPS) is 9.57. The quantitative estimate of drug-likeness (QED) is 0.881. The summed E-state index contributed by atoms with van der Waals surface area (Å²) in [7, 11) is 1.79. The molecular weight excluding hydrogens is 246 g/mol. The SMILES string of the molecule is CN(CCO)c1ncc(Br)cc1C#N. The van der Waals surface area contributed by atoms with Crippen molar-refractivity contribution in [2.75, 3.05) is 25.1 Å². The van der Waals surface area contributed by atoms with E-state index >= 15 is 0 Å². The number of aliphatic hydroxyl groups excluding tert-OH is 1. The molecule has 0 aliphatic rings. The van der Waals surface area contributed by atoms with Crippen LogP contribution >= 0.6 is 15.9 Å². The van der Waals surface area contributed by atoms with E-state index in [1.54, 1.807) is 24.2 Å². The molecule has 5 heteroatoms. The molecule has 0 aromatic carbocycles. The van der Waals surface area contributed by atoms with Crippen LogP contribution in [0.5, 0.6) is 0 Å². The molecule has 0 aliphatic carbocycles. The number of hydrogen-bond acceptors (Lipinski definition) is 4. The topological polar surface area (TPSA) is 60.1 Å². The highest BCUT2D eigenvalue weighted by Gasteiger charge is 2.08. The molecule has 0 bridgehead atoms. The van der Waals surface area contributed by atoms with Gasteiger partial charge < -0.3 is 10.0 Å². The van der Waals surface area contributed by atoms with E-state index in [-0.39, 0.29) is 6.61 Å². The third-order valence-corrected chi connectivity index (χ3v) is 2.18. The van der Waals surface area contributed by atoms with Crippen molar-refractivity contribution < 1.29 is 5.11 Å². The second kappa shape index (κ2) is 4.94. The predicted molar refractivity (Wildman–Crippen MR) is 57.0 cm³/mol. The molecule has 4 nitrogen and oxygen atoms in total. The number of pyridine rings is 1. The van der Waals surface area contributed by atoms with Gasteiger partial charge in [0, 0.05) is 24.3 Å². The summed E-state index contributed by atoms with van der Waals surface area (Å²) in [5, 5.41) is 17.6. The van der Waals surface area contributed by atoms with Crippen LogP contribution in [-0.4, -0.2) is 30.3 Å². The average molecular weight is 256 g/mol. The summed E-state index contributed by atoms with van der Waals surface area (Å²) >= 11 is 3.24. The van der Waals surface area contributed by atoms with Gasteiger partial charge in [-0.25, -0.2) is 4.98 Å². The predicted octanol–water partition coefficient (Wildman–Crippen LogP) is 1.14. The van der Waals surface area contributed by atoms with Gasteiger partial charge in [0.15, 0.2) is 0 Å². The van der Waals surface area contributed by atoms with Crippen molar-refractivity contribution in [2.24, 2.45) is 0 Å². The van der Waals surface area contributed by atoms with Crippen molar-refractivity contribution in [1.29, 1.82) is 5.26 Å². The maximum atomic E-state index is 8.86. The maximum Gasteiger partial charge on any atom is 0.146 e. The largest absolute Gasteiger partial charge is 0.395 e. The van der Waals surface area contributed by atoms with E-state index < -0.39 is 0 Å². The third-order valence-electron chi connectivity index (χ3n) is 1.75. The molecule has 0 saturated heterocycles. The van der Waals surface area contributed by atoms with Gasteiger partial charge in [-0.1, -0.05) is 0 Å². The molecule has 0 unspecified atom stereocenters. The Bertz CT molecular complexity index is 362. The van der Waals surface area contributed by atoms with Crippen LogP contribution in [0.2, 0.25) is 0 Å². The van der Waals surface area contributed by atoms with E-state index in [0.717, 1.165) is 4.47 Å². The Kier molecular flexibility index (Phi) is 3.86. The molecule has 0 atom stereocenters. The number of nitrogens with zero attached hydrogens (tertiary/aromatic N) is 3. The lowest BCUT2D eigenvalue weighted by atomic mass is 10.2. The first-order chi connectivity index (χ1) is 6.69. The summed E-state index contributed by atoms with van der Waals surface area (Å²) in [6.07, 6.45) is 1.63.